The van der Waals surface area contributed by atoms with Crippen LogP contribution in [0.3, 0.4) is 0 Å². The lowest BCUT2D eigenvalue weighted by Gasteiger charge is -2.34. The third-order valence-corrected chi connectivity index (χ3v) is 5.12. The predicted molar refractivity (Wildman–Crippen MR) is 106 cm³/mol. The molecule has 3 N–H and O–H groups in total. The van der Waals surface area contributed by atoms with Crippen molar-refractivity contribution in [2.45, 2.75) is 19.9 Å². The number of anilines is 1. The van der Waals surface area contributed by atoms with Gasteiger partial charge in [0.2, 0.25) is 5.91 Å². The number of hydrogen-bond acceptors (Lipinski definition) is 2. The number of carbonyl (C=O) groups excluding carboxylic acids is 2. The summed E-state index contributed by atoms with van der Waals surface area (Å²) < 4.78 is 0.877. The van der Waals surface area contributed by atoms with Crippen LogP contribution < -0.4 is 16.0 Å². The molecule has 0 radical (unpaired) electrons. The summed E-state index contributed by atoms with van der Waals surface area (Å²) in [4.78, 5) is 25.0. The Balaban J connectivity index is 1.93. The van der Waals surface area contributed by atoms with Gasteiger partial charge in [-0.05, 0) is 48.7 Å². The van der Waals surface area contributed by atoms with E-state index in [0.717, 1.165) is 26.9 Å². The average Bonchev–Trinajstić information content (AvgIpc) is 2.58. The molecule has 3 amide bonds. The lowest BCUT2D eigenvalue weighted by molar-refractivity contribution is -0.119. The smallest absolute Gasteiger partial charge is 0.319 e. The highest BCUT2D eigenvalue weighted by Crippen LogP contribution is 2.32. The molecule has 1 saturated heterocycles. The monoisotopic (exact) mass is 413 g/mol. The van der Waals surface area contributed by atoms with Crippen molar-refractivity contribution in [1.29, 1.82) is 0 Å². The van der Waals surface area contributed by atoms with Crippen LogP contribution in [0.5, 0.6) is 0 Å². The largest absolute Gasteiger partial charge is 0.330 e. The minimum absolute atomic E-state index is 0.221. The van der Waals surface area contributed by atoms with Crippen LogP contribution in [0.4, 0.5) is 10.5 Å². The van der Waals surface area contributed by atoms with E-state index in [2.05, 4.69) is 38.5 Å². The van der Waals surface area contributed by atoms with E-state index in [-0.39, 0.29) is 11.9 Å². The summed E-state index contributed by atoms with van der Waals surface area (Å²) in [6.45, 7) is 7.86. The number of aryl methyl sites for hydroxylation is 1. The van der Waals surface area contributed by atoms with Gasteiger partial charge in [0, 0.05) is 15.9 Å². The summed E-state index contributed by atoms with van der Waals surface area (Å²) >= 11 is 3.44. The first-order chi connectivity index (χ1) is 12.4. The fourth-order valence-electron chi connectivity index (χ4n) is 3.07. The van der Waals surface area contributed by atoms with E-state index in [0.29, 0.717) is 5.70 Å². The van der Waals surface area contributed by atoms with Gasteiger partial charge in [-0.15, -0.1) is 0 Å². The number of rotatable bonds is 3. The molecule has 2 aromatic rings. The van der Waals surface area contributed by atoms with Crippen LogP contribution in [0.1, 0.15) is 22.7 Å². The van der Waals surface area contributed by atoms with Crippen molar-refractivity contribution in [3.63, 3.8) is 0 Å². The summed E-state index contributed by atoms with van der Waals surface area (Å²) in [6, 6.07) is 12.4. The van der Waals surface area contributed by atoms with E-state index in [1.165, 1.54) is 0 Å². The molecule has 1 heterocycles. The molecule has 3 rings (SSSR count). The van der Waals surface area contributed by atoms with E-state index >= 15 is 0 Å². The van der Waals surface area contributed by atoms with Gasteiger partial charge in [-0.1, -0.05) is 46.8 Å². The molecule has 0 bridgehead atoms. The third kappa shape index (κ3) is 3.65. The lowest BCUT2D eigenvalue weighted by Crippen LogP contribution is -2.51. The Morgan fingerprint density at radius 3 is 2.65 bits per heavy atom. The number of hydrogen-bond donors (Lipinski definition) is 3. The molecule has 26 heavy (non-hydrogen) atoms. The van der Waals surface area contributed by atoms with Gasteiger partial charge in [-0.2, -0.15) is 0 Å². The third-order valence-electron chi connectivity index (χ3n) is 4.62. The summed E-state index contributed by atoms with van der Waals surface area (Å²) in [7, 11) is 0. The van der Waals surface area contributed by atoms with Crippen LogP contribution in [0.25, 0.3) is 0 Å². The van der Waals surface area contributed by atoms with Gasteiger partial charge in [0.05, 0.1) is 6.04 Å². The van der Waals surface area contributed by atoms with Gasteiger partial charge < -0.3 is 16.0 Å². The second-order valence-electron chi connectivity index (χ2n) is 6.37. The zero-order valence-corrected chi connectivity index (χ0v) is 16.2. The summed E-state index contributed by atoms with van der Waals surface area (Å²) in [6.07, 6.45) is 0. The SMILES string of the molecule is C=C1NC(=O)N[C@@H](c2cccc(Br)c2)[C@@H]1C(=O)Nc1cccc(C)c1C. The molecule has 0 unspecified atom stereocenters. The van der Waals surface area contributed by atoms with Crippen molar-refractivity contribution in [3.8, 4) is 0 Å². The van der Waals surface area contributed by atoms with E-state index in [1.54, 1.807) is 0 Å². The molecule has 1 aliphatic rings. The Hall–Kier alpha value is -2.60. The maximum absolute atomic E-state index is 13.0. The Morgan fingerprint density at radius 2 is 1.92 bits per heavy atom. The van der Waals surface area contributed by atoms with Gasteiger partial charge >= 0.3 is 6.03 Å². The van der Waals surface area contributed by atoms with Crippen LogP contribution in [0.2, 0.25) is 0 Å². The molecule has 0 saturated carbocycles. The van der Waals surface area contributed by atoms with Gasteiger partial charge in [0.15, 0.2) is 0 Å². The molecule has 1 fully saturated rings. The number of amides is 3. The van der Waals surface area contributed by atoms with Crippen LogP contribution in [0, 0.1) is 19.8 Å². The summed E-state index contributed by atoms with van der Waals surface area (Å²) in [5.41, 5.74) is 4.07. The highest BCUT2D eigenvalue weighted by atomic mass is 79.9. The molecule has 0 aromatic heterocycles. The Labute approximate surface area is 161 Å². The van der Waals surface area contributed by atoms with Crippen LogP contribution in [0.15, 0.2) is 59.2 Å². The van der Waals surface area contributed by atoms with Gasteiger partial charge in [0.25, 0.3) is 0 Å². The molecule has 2 atom stereocenters. The number of urea groups is 1. The first-order valence-corrected chi connectivity index (χ1v) is 9.05. The van der Waals surface area contributed by atoms with Crippen molar-refractivity contribution in [2.24, 2.45) is 5.92 Å². The normalized spacial score (nSPS) is 19.5. The van der Waals surface area contributed by atoms with Crippen molar-refractivity contribution >= 4 is 33.6 Å². The second kappa shape index (κ2) is 7.33. The summed E-state index contributed by atoms with van der Waals surface area (Å²) in [5, 5.41) is 8.44. The molecule has 2 aromatic carbocycles. The predicted octanol–water partition coefficient (Wildman–Crippen LogP) is 4.19. The molecule has 1 aliphatic heterocycles. The maximum Gasteiger partial charge on any atom is 0.319 e. The first kappa shape index (κ1) is 18.2. The molecular formula is C20H20BrN3O2. The quantitative estimate of drug-likeness (QED) is 0.705. The van der Waals surface area contributed by atoms with E-state index < -0.39 is 12.0 Å². The van der Waals surface area contributed by atoms with Gasteiger partial charge in [-0.3, -0.25) is 4.79 Å². The zero-order chi connectivity index (χ0) is 18.8. The highest BCUT2D eigenvalue weighted by Gasteiger charge is 2.38. The lowest BCUT2D eigenvalue weighted by atomic mass is 9.88. The van der Waals surface area contributed by atoms with E-state index in [9.17, 15) is 9.59 Å². The second-order valence-corrected chi connectivity index (χ2v) is 7.29. The molecule has 0 spiro atoms. The molecule has 134 valence electrons. The first-order valence-electron chi connectivity index (χ1n) is 8.25. The van der Waals surface area contributed by atoms with Crippen molar-refractivity contribution in [2.75, 3.05) is 5.32 Å². The molecule has 0 aliphatic carbocycles. The minimum atomic E-state index is -0.637. The molecule has 5 nitrogen and oxygen atoms in total. The van der Waals surface area contributed by atoms with Gasteiger partial charge in [-0.25, -0.2) is 4.79 Å². The number of carbonyl (C=O) groups is 2. The van der Waals surface area contributed by atoms with Crippen LogP contribution >= 0.6 is 15.9 Å². The van der Waals surface area contributed by atoms with Crippen LogP contribution in [-0.2, 0) is 4.79 Å². The average molecular weight is 414 g/mol. The minimum Gasteiger partial charge on any atom is -0.330 e. The van der Waals surface area contributed by atoms with Crippen molar-refractivity contribution < 1.29 is 9.59 Å². The molecule has 6 heteroatoms. The fourth-order valence-corrected chi connectivity index (χ4v) is 3.48. The Kier molecular flexibility index (Phi) is 5.13. The number of halogens is 1. The van der Waals surface area contributed by atoms with Crippen LogP contribution in [-0.4, -0.2) is 11.9 Å². The van der Waals surface area contributed by atoms with Gasteiger partial charge in [0.1, 0.15) is 5.92 Å². The number of nitrogens with one attached hydrogen (secondary N) is 3. The highest BCUT2D eigenvalue weighted by molar-refractivity contribution is 9.10. The standard InChI is InChI=1S/C20H20BrN3O2/c1-11-6-4-9-16(12(11)2)23-19(25)17-13(3)22-20(26)24-18(17)14-7-5-8-15(21)10-14/h4-10,17-18H,3H2,1-2H3,(H,23,25)(H2,22,24,26)/t17-,18+/m1/s1. The van der Waals surface area contributed by atoms with Crippen molar-refractivity contribution in [3.05, 3.63) is 75.9 Å². The van der Waals surface area contributed by atoms with E-state index in [1.807, 2.05) is 56.3 Å². The Bertz CT molecular complexity index is 894. The van der Waals surface area contributed by atoms with E-state index in [4.69, 9.17) is 0 Å². The zero-order valence-electron chi connectivity index (χ0n) is 14.6. The maximum atomic E-state index is 13.0. The Morgan fingerprint density at radius 1 is 1.19 bits per heavy atom. The fraction of sp³-hybridized carbons (Fsp3) is 0.200. The topological polar surface area (TPSA) is 70.2 Å². The summed E-state index contributed by atoms with van der Waals surface area (Å²) in [5.74, 6) is -0.858. The van der Waals surface area contributed by atoms with Crippen molar-refractivity contribution in [1.82, 2.24) is 10.6 Å². The number of benzene rings is 2. The molecular weight excluding hydrogens is 394 g/mol.